The molecule has 0 fully saturated rings. The lowest BCUT2D eigenvalue weighted by Crippen LogP contribution is -2.37. The van der Waals surface area contributed by atoms with Crippen molar-refractivity contribution in [3.05, 3.63) is 59.7 Å². The molecule has 0 saturated heterocycles. The van der Waals surface area contributed by atoms with Crippen molar-refractivity contribution in [2.24, 2.45) is 0 Å². The van der Waals surface area contributed by atoms with E-state index in [4.69, 9.17) is 9.47 Å². The molecule has 2 aromatic carbocycles. The van der Waals surface area contributed by atoms with Crippen LogP contribution < -0.4 is 14.8 Å². The quantitative estimate of drug-likeness (QED) is 0.851. The molecule has 4 nitrogen and oxygen atoms in total. The summed E-state index contributed by atoms with van der Waals surface area (Å²) in [5.74, 6) is 1.40. The predicted molar refractivity (Wildman–Crippen MR) is 90.7 cm³/mol. The average Bonchev–Trinajstić information content (AvgIpc) is 2.59. The monoisotopic (exact) mass is 313 g/mol. The predicted octanol–water partition coefficient (Wildman–Crippen LogP) is 3.48. The number of carbonyl (C=O) groups excluding carboxylic acids is 1. The molecule has 1 N–H and O–H groups in total. The summed E-state index contributed by atoms with van der Waals surface area (Å²) in [7, 11) is 1.63. The summed E-state index contributed by atoms with van der Waals surface area (Å²) in [6.07, 6.45) is 0.124. The van der Waals surface area contributed by atoms with Gasteiger partial charge in [-0.3, -0.25) is 4.79 Å². The maximum atomic E-state index is 12.3. The Morgan fingerprint density at radius 3 is 2.22 bits per heavy atom. The second kappa shape index (κ2) is 8.22. The van der Waals surface area contributed by atoms with Gasteiger partial charge < -0.3 is 14.8 Å². The van der Waals surface area contributed by atoms with Gasteiger partial charge in [-0.1, -0.05) is 36.8 Å². The number of carbonyl (C=O) groups is 1. The third-order valence-corrected chi connectivity index (χ3v) is 3.59. The third-order valence-electron chi connectivity index (χ3n) is 3.59. The van der Waals surface area contributed by atoms with E-state index in [1.165, 1.54) is 0 Å². The number of hydrogen-bond donors (Lipinski definition) is 1. The molecule has 23 heavy (non-hydrogen) atoms. The molecule has 0 radical (unpaired) electrons. The molecule has 122 valence electrons. The van der Waals surface area contributed by atoms with E-state index in [0.29, 0.717) is 18.7 Å². The number of nitrogens with one attached hydrogen (secondary N) is 1. The van der Waals surface area contributed by atoms with Gasteiger partial charge in [0.2, 0.25) is 0 Å². The summed E-state index contributed by atoms with van der Waals surface area (Å²) in [5.41, 5.74) is 2.18. The van der Waals surface area contributed by atoms with E-state index in [1.54, 1.807) is 7.11 Å². The van der Waals surface area contributed by atoms with Crippen LogP contribution in [0.15, 0.2) is 48.5 Å². The number of benzene rings is 2. The highest BCUT2D eigenvalue weighted by Crippen LogP contribution is 2.15. The Labute approximate surface area is 137 Å². The molecule has 0 aromatic heterocycles. The summed E-state index contributed by atoms with van der Waals surface area (Å²) in [6, 6.07) is 15.3. The highest BCUT2D eigenvalue weighted by Gasteiger charge is 2.17. The van der Waals surface area contributed by atoms with Gasteiger partial charge in [0, 0.05) is 6.54 Å². The number of hydrogen-bond acceptors (Lipinski definition) is 3. The zero-order chi connectivity index (χ0) is 16.7. The number of aryl methyl sites for hydroxylation is 1. The molecule has 2 rings (SSSR count). The molecule has 0 aliphatic heterocycles. The van der Waals surface area contributed by atoms with Crippen molar-refractivity contribution in [2.45, 2.75) is 32.9 Å². The molecule has 0 spiro atoms. The van der Waals surface area contributed by atoms with Crippen molar-refractivity contribution in [3.63, 3.8) is 0 Å². The number of amides is 1. The molecule has 0 heterocycles. The van der Waals surface area contributed by atoms with Gasteiger partial charge in [-0.2, -0.15) is 0 Å². The first-order chi connectivity index (χ1) is 11.1. The highest BCUT2D eigenvalue weighted by atomic mass is 16.5. The zero-order valence-electron chi connectivity index (χ0n) is 13.8. The van der Waals surface area contributed by atoms with Crippen molar-refractivity contribution < 1.29 is 14.3 Å². The van der Waals surface area contributed by atoms with Crippen LogP contribution in [0.3, 0.4) is 0 Å². The fourth-order valence-corrected chi connectivity index (χ4v) is 2.15. The molecule has 2 aromatic rings. The van der Waals surface area contributed by atoms with Gasteiger partial charge in [-0.05, 0) is 43.2 Å². The Morgan fingerprint density at radius 1 is 1.04 bits per heavy atom. The Hall–Kier alpha value is -2.49. The zero-order valence-corrected chi connectivity index (χ0v) is 13.8. The number of methoxy groups -OCH3 is 1. The Balaban J connectivity index is 1.90. The number of ether oxygens (including phenoxy) is 2. The van der Waals surface area contributed by atoms with Crippen LogP contribution in [-0.4, -0.2) is 19.1 Å². The summed E-state index contributed by atoms with van der Waals surface area (Å²) >= 11 is 0. The first kappa shape index (κ1) is 16.9. The van der Waals surface area contributed by atoms with E-state index < -0.39 is 6.10 Å². The van der Waals surface area contributed by atoms with Gasteiger partial charge in [0.1, 0.15) is 11.5 Å². The van der Waals surface area contributed by atoms with Gasteiger partial charge in [0.05, 0.1) is 7.11 Å². The molecule has 1 atom stereocenters. The van der Waals surface area contributed by atoms with Gasteiger partial charge in [0.25, 0.3) is 5.91 Å². The van der Waals surface area contributed by atoms with Gasteiger partial charge in [-0.15, -0.1) is 0 Å². The first-order valence-electron chi connectivity index (χ1n) is 7.76. The van der Waals surface area contributed by atoms with Crippen molar-refractivity contribution in [2.75, 3.05) is 7.11 Å². The van der Waals surface area contributed by atoms with Gasteiger partial charge >= 0.3 is 0 Å². The lowest BCUT2D eigenvalue weighted by Gasteiger charge is -2.17. The molecular weight excluding hydrogens is 290 g/mol. The van der Waals surface area contributed by atoms with Crippen molar-refractivity contribution >= 4 is 5.91 Å². The molecule has 0 aliphatic carbocycles. The molecule has 1 amide bonds. The van der Waals surface area contributed by atoms with Crippen LogP contribution in [0.2, 0.25) is 0 Å². The van der Waals surface area contributed by atoms with Crippen LogP contribution in [0.4, 0.5) is 0 Å². The van der Waals surface area contributed by atoms with Crippen LogP contribution in [0.1, 0.15) is 24.5 Å². The molecule has 0 aliphatic rings. The molecular formula is C19H23NO3. The van der Waals surface area contributed by atoms with E-state index >= 15 is 0 Å². The average molecular weight is 313 g/mol. The first-order valence-corrected chi connectivity index (χ1v) is 7.76. The maximum absolute atomic E-state index is 12.3. The largest absolute Gasteiger partial charge is 0.497 e. The van der Waals surface area contributed by atoms with Crippen LogP contribution >= 0.6 is 0 Å². The van der Waals surface area contributed by atoms with E-state index in [0.717, 1.165) is 16.9 Å². The second-order valence-electron chi connectivity index (χ2n) is 5.39. The van der Waals surface area contributed by atoms with Crippen LogP contribution in [0.25, 0.3) is 0 Å². The van der Waals surface area contributed by atoms with E-state index in [1.807, 2.05) is 62.4 Å². The van der Waals surface area contributed by atoms with Crippen molar-refractivity contribution in [1.29, 1.82) is 0 Å². The summed E-state index contributed by atoms with van der Waals surface area (Å²) in [5, 5.41) is 2.91. The molecule has 0 saturated carbocycles. The standard InChI is InChI=1S/C19H23NO3/c1-4-18(23-17-9-5-14(2)6-10-17)19(21)20-13-15-7-11-16(22-3)12-8-15/h5-12,18H,4,13H2,1-3H3,(H,20,21). The highest BCUT2D eigenvalue weighted by molar-refractivity contribution is 5.81. The fraction of sp³-hybridized carbons (Fsp3) is 0.316. The lowest BCUT2D eigenvalue weighted by molar-refractivity contribution is -0.128. The fourth-order valence-electron chi connectivity index (χ4n) is 2.15. The van der Waals surface area contributed by atoms with Crippen LogP contribution in [-0.2, 0) is 11.3 Å². The second-order valence-corrected chi connectivity index (χ2v) is 5.39. The lowest BCUT2D eigenvalue weighted by atomic mass is 10.2. The minimum Gasteiger partial charge on any atom is -0.497 e. The van der Waals surface area contributed by atoms with Crippen molar-refractivity contribution in [3.8, 4) is 11.5 Å². The topological polar surface area (TPSA) is 47.6 Å². The molecule has 1 unspecified atom stereocenters. The van der Waals surface area contributed by atoms with Gasteiger partial charge in [0.15, 0.2) is 6.10 Å². The number of rotatable bonds is 7. The third kappa shape index (κ3) is 5.02. The Bertz CT molecular complexity index is 620. The smallest absolute Gasteiger partial charge is 0.261 e. The molecule has 4 heteroatoms. The summed E-state index contributed by atoms with van der Waals surface area (Å²) in [6.45, 7) is 4.42. The Kier molecular flexibility index (Phi) is 6.03. The Morgan fingerprint density at radius 2 is 1.65 bits per heavy atom. The summed E-state index contributed by atoms with van der Waals surface area (Å²) < 4.78 is 10.9. The van der Waals surface area contributed by atoms with E-state index in [-0.39, 0.29) is 5.91 Å². The van der Waals surface area contributed by atoms with E-state index in [9.17, 15) is 4.79 Å². The minimum atomic E-state index is -0.490. The summed E-state index contributed by atoms with van der Waals surface area (Å²) in [4.78, 5) is 12.3. The van der Waals surface area contributed by atoms with E-state index in [2.05, 4.69) is 5.32 Å². The van der Waals surface area contributed by atoms with Crippen LogP contribution in [0, 0.1) is 6.92 Å². The normalized spacial score (nSPS) is 11.6. The van der Waals surface area contributed by atoms with Crippen LogP contribution in [0.5, 0.6) is 11.5 Å². The SMILES string of the molecule is CCC(Oc1ccc(C)cc1)C(=O)NCc1ccc(OC)cc1. The molecule has 0 bridgehead atoms. The maximum Gasteiger partial charge on any atom is 0.261 e. The minimum absolute atomic E-state index is 0.108. The van der Waals surface area contributed by atoms with Crippen molar-refractivity contribution in [1.82, 2.24) is 5.32 Å². The van der Waals surface area contributed by atoms with Gasteiger partial charge in [-0.25, -0.2) is 0 Å².